The van der Waals surface area contributed by atoms with Crippen molar-refractivity contribution in [1.29, 1.82) is 0 Å². The van der Waals surface area contributed by atoms with Crippen molar-refractivity contribution < 1.29 is 5.21 Å². The van der Waals surface area contributed by atoms with Crippen molar-refractivity contribution in [1.82, 2.24) is 0 Å². The zero-order valence-corrected chi connectivity index (χ0v) is 7.83. The number of halogens is 1. The van der Waals surface area contributed by atoms with Gasteiger partial charge in [0.1, 0.15) is 0 Å². The average Bonchev–Trinajstić information content (AvgIpc) is 2.11. The zero-order valence-electron chi connectivity index (χ0n) is 7.07. The van der Waals surface area contributed by atoms with E-state index in [1.165, 1.54) is 6.21 Å². The smallest absolute Gasteiger partial charge is 0.0751 e. The van der Waals surface area contributed by atoms with Gasteiger partial charge in [-0.1, -0.05) is 35.0 Å². The number of benzene rings is 1. The SMILES string of the molecule is C=CCc1cccc(Cl)c1C=NO. The molecule has 0 bridgehead atoms. The van der Waals surface area contributed by atoms with Gasteiger partial charge < -0.3 is 5.21 Å². The van der Waals surface area contributed by atoms with Gasteiger partial charge in [-0.05, 0) is 18.1 Å². The highest BCUT2D eigenvalue weighted by molar-refractivity contribution is 6.33. The fourth-order valence-corrected chi connectivity index (χ4v) is 1.36. The van der Waals surface area contributed by atoms with Gasteiger partial charge in [-0.3, -0.25) is 0 Å². The maximum absolute atomic E-state index is 8.42. The number of allylic oxidation sites excluding steroid dienone is 1. The van der Waals surface area contributed by atoms with Gasteiger partial charge >= 0.3 is 0 Å². The lowest BCUT2D eigenvalue weighted by atomic mass is 10.1. The predicted octanol–water partition coefficient (Wildman–Crippen LogP) is 2.88. The van der Waals surface area contributed by atoms with E-state index in [2.05, 4.69) is 11.7 Å². The number of hydrogen-bond acceptors (Lipinski definition) is 2. The molecule has 0 unspecified atom stereocenters. The summed E-state index contributed by atoms with van der Waals surface area (Å²) >= 11 is 5.91. The number of hydrogen-bond donors (Lipinski definition) is 1. The predicted molar refractivity (Wildman–Crippen MR) is 54.7 cm³/mol. The van der Waals surface area contributed by atoms with Crippen LogP contribution in [0.15, 0.2) is 36.0 Å². The van der Waals surface area contributed by atoms with Crippen molar-refractivity contribution in [3.8, 4) is 0 Å². The van der Waals surface area contributed by atoms with Gasteiger partial charge in [-0.15, -0.1) is 6.58 Å². The molecule has 0 aliphatic heterocycles. The molecule has 0 spiro atoms. The van der Waals surface area contributed by atoms with E-state index in [1.54, 1.807) is 12.1 Å². The van der Waals surface area contributed by atoms with E-state index in [0.29, 0.717) is 11.4 Å². The van der Waals surface area contributed by atoms with Gasteiger partial charge in [0.2, 0.25) is 0 Å². The summed E-state index contributed by atoms with van der Waals surface area (Å²) in [6.07, 6.45) is 3.82. The van der Waals surface area contributed by atoms with Crippen LogP contribution in [0.2, 0.25) is 5.02 Å². The van der Waals surface area contributed by atoms with Crippen molar-refractivity contribution in [2.75, 3.05) is 0 Å². The normalized spacial score (nSPS) is 10.5. The van der Waals surface area contributed by atoms with Crippen molar-refractivity contribution in [3.63, 3.8) is 0 Å². The van der Waals surface area contributed by atoms with Crippen LogP contribution < -0.4 is 0 Å². The Hall–Kier alpha value is -1.28. The summed E-state index contributed by atoms with van der Waals surface area (Å²) in [7, 11) is 0. The van der Waals surface area contributed by atoms with Crippen LogP contribution in [0.5, 0.6) is 0 Å². The largest absolute Gasteiger partial charge is 0.411 e. The Morgan fingerprint density at radius 3 is 2.92 bits per heavy atom. The van der Waals surface area contributed by atoms with Crippen molar-refractivity contribution >= 4 is 17.8 Å². The van der Waals surface area contributed by atoms with E-state index in [4.69, 9.17) is 16.8 Å². The summed E-state index contributed by atoms with van der Waals surface area (Å²) in [4.78, 5) is 0. The molecule has 0 fully saturated rings. The van der Waals surface area contributed by atoms with Crippen LogP contribution in [0.4, 0.5) is 0 Å². The molecule has 0 aromatic heterocycles. The Bertz CT molecular complexity index is 334. The second-order valence-electron chi connectivity index (χ2n) is 2.55. The Morgan fingerprint density at radius 2 is 2.31 bits per heavy atom. The van der Waals surface area contributed by atoms with Crippen molar-refractivity contribution in [2.24, 2.45) is 5.16 Å². The maximum atomic E-state index is 8.42. The van der Waals surface area contributed by atoms with Gasteiger partial charge in [0, 0.05) is 10.6 Å². The first-order valence-corrected chi connectivity index (χ1v) is 4.23. The first-order valence-electron chi connectivity index (χ1n) is 3.85. The minimum absolute atomic E-state index is 0.581. The lowest BCUT2D eigenvalue weighted by Crippen LogP contribution is -1.92. The molecule has 0 saturated heterocycles. The summed E-state index contributed by atoms with van der Waals surface area (Å²) in [5.41, 5.74) is 1.74. The second-order valence-corrected chi connectivity index (χ2v) is 2.96. The van der Waals surface area contributed by atoms with Crippen LogP contribution in [0, 0.1) is 0 Å². The fraction of sp³-hybridized carbons (Fsp3) is 0.100. The topological polar surface area (TPSA) is 32.6 Å². The average molecular weight is 196 g/mol. The molecule has 68 valence electrons. The Labute approximate surface area is 82.1 Å². The van der Waals surface area contributed by atoms with Gasteiger partial charge in [0.15, 0.2) is 0 Å². The first-order chi connectivity index (χ1) is 6.29. The molecule has 2 nitrogen and oxygen atoms in total. The first kappa shape index (κ1) is 9.81. The molecule has 1 N–H and O–H groups in total. The van der Waals surface area contributed by atoms with Crippen LogP contribution in [0.1, 0.15) is 11.1 Å². The zero-order chi connectivity index (χ0) is 9.68. The maximum Gasteiger partial charge on any atom is 0.0751 e. The Balaban J connectivity index is 3.16. The van der Waals surface area contributed by atoms with Gasteiger partial charge in [0.25, 0.3) is 0 Å². The van der Waals surface area contributed by atoms with Crippen LogP contribution in [0.25, 0.3) is 0 Å². The van der Waals surface area contributed by atoms with Gasteiger partial charge in [-0.25, -0.2) is 0 Å². The molecule has 3 heteroatoms. The summed E-state index contributed by atoms with van der Waals surface area (Å²) in [5.74, 6) is 0. The molecule has 0 saturated carbocycles. The minimum Gasteiger partial charge on any atom is -0.411 e. The monoisotopic (exact) mass is 195 g/mol. The number of oxime groups is 1. The molecule has 0 atom stereocenters. The molecular formula is C10H10ClNO. The molecule has 1 rings (SSSR count). The lowest BCUT2D eigenvalue weighted by molar-refractivity contribution is 0.322. The highest BCUT2D eigenvalue weighted by atomic mass is 35.5. The van der Waals surface area contributed by atoms with Crippen LogP contribution >= 0.6 is 11.6 Å². The van der Waals surface area contributed by atoms with Crippen molar-refractivity contribution in [3.05, 3.63) is 47.0 Å². The van der Waals surface area contributed by atoms with E-state index >= 15 is 0 Å². The standard InChI is InChI=1S/C10H10ClNO/c1-2-4-8-5-3-6-10(11)9(8)7-12-13/h2-3,5-7,13H,1,4H2. The highest BCUT2D eigenvalue weighted by Crippen LogP contribution is 2.18. The molecule has 0 aliphatic rings. The quantitative estimate of drug-likeness (QED) is 0.342. The molecular weight excluding hydrogens is 186 g/mol. The van der Waals surface area contributed by atoms with E-state index < -0.39 is 0 Å². The third-order valence-corrected chi connectivity index (χ3v) is 2.02. The second kappa shape index (κ2) is 4.67. The summed E-state index contributed by atoms with van der Waals surface area (Å²) in [6, 6.07) is 5.53. The van der Waals surface area contributed by atoms with E-state index in [9.17, 15) is 0 Å². The third-order valence-electron chi connectivity index (χ3n) is 1.69. The lowest BCUT2D eigenvalue weighted by Gasteiger charge is -2.03. The molecule has 0 radical (unpaired) electrons. The van der Waals surface area contributed by atoms with E-state index in [-0.39, 0.29) is 0 Å². The fourth-order valence-electron chi connectivity index (χ4n) is 1.12. The number of rotatable bonds is 3. The van der Waals surface area contributed by atoms with Crippen LogP contribution in [-0.4, -0.2) is 11.4 Å². The molecule has 0 amide bonds. The van der Waals surface area contributed by atoms with Gasteiger partial charge in [0.05, 0.1) is 6.21 Å². The molecule has 0 aliphatic carbocycles. The highest BCUT2D eigenvalue weighted by Gasteiger charge is 2.02. The summed E-state index contributed by atoms with van der Waals surface area (Å²) in [5, 5.41) is 12.0. The van der Waals surface area contributed by atoms with Gasteiger partial charge in [-0.2, -0.15) is 0 Å². The number of nitrogens with zero attached hydrogens (tertiary/aromatic N) is 1. The van der Waals surface area contributed by atoms with Crippen molar-refractivity contribution in [2.45, 2.75) is 6.42 Å². The molecule has 1 aromatic rings. The van der Waals surface area contributed by atoms with Crippen LogP contribution in [-0.2, 0) is 6.42 Å². The molecule has 13 heavy (non-hydrogen) atoms. The van der Waals surface area contributed by atoms with E-state index in [0.717, 1.165) is 11.1 Å². The van der Waals surface area contributed by atoms with Crippen LogP contribution in [0.3, 0.4) is 0 Å². The molecule has 1 aromatic carbocycles. The Kier molecular flexibility index (Phi) is 3.53. The summed E-state index contributed by atoms with van der Waals surface area (Å²) in [6.45, 7) is 3.64. The summed E-state index contributed by atoms with van der Waals surface area (Å²) < 4.78 is 0. The minimum atomic E-state index is 0.581. The third kappa shape index (κ3) is 2.33. The Morgan fingerprint density at radius 1 is 1.54 bits per heavy atom. The molecule has 0 heterocycles. The van der Waals surface area contributed by atoms with E-state index in [1.807, 2.05) is 12.1 Å².